The van der Waals surface area contributed by atoms with E-state index in [1.54, 1.807) is 0 Å². The zero-order valence-electron chi connectivity index (χ0n) is 8.89. The van der Waals surface area contributed by atoms with Gasteiger partial charge in [-0.3, -0.25) is 0 Å². The maximum atomic E-state index is 3.43. The van der Waals surface area contributed by atoms with E-state index < -0.39 is 0 Å². The van der Waals surface area contributed by atoms with E-state index in [9.17, 15) is 0 Å². The Kier molecular flexibility index (Phi) is 4.95. The van der Waals surface area contributed by atoms with Crippen molar-refractivity contribution in [1.82, 2.24) is 0 Å². The molecule has 0 aliphatic rings. The van der Waals surface area contributed by atoms with E-state index in [4.69, 9.17) is 0 Å². The summed E-state index contributed by atoms with van der Waals surface area (Å²) in [5, 5.41) is 1.04. The molecule has 0 fully saturated rings. The first-order chi connectivity index (χ1) is 6.77. The lowest BCUT2D eigenvalue weighted by molar-refractivity contribution is 1.14. The van der Waals surface area contributed by atoms with Crippen LogP contribution in [0, 0.1) is 0 Å². The molecule has 0 N–H and O–H groups in total. The fourth-order valence-corrected chi connectivity index (χ4v) is 1.62. The Bertz CT molecular complexity index is 296. The van der Waals surface area contributed by atoms with Gasteiger partial charge in [-0.25, -0.2) is 0 Å². The molecule has 0 heterocycles. The highest BCUT2D eigenvalue weighted by Gasteiger charge is 1.94. The maximum Gasteiger partial charge on any atom is 0.00661 e. The summed E-state index contributed by atoms with van der Waals surface area (Å²) in [6.45, 7) is 4.35. The number of hydrogen-bond donors (Lipinski definition) is 0. The molecule has 0 unspecified atom stereocenters. The lowest BCUT2D eigenvalue weighted by atomic mass is 10.0. The molecule has 14 heavy (non-hydrogen) atoms. The van der Waals surface area contributed by atoms with E-state index in [1.165, 1.54) is 16.7 Å². The van der Waals surface area contributed by atoms with Gasteiger partial charge in [0.15, 0.2) is 0 Å². The molecule has 0 aliphatic heterocycles. The molecular weight excluding hydrogens is 236 g/mol. The van der Waals surface area contributed by atoms with E-state index in [1.807, 2.05) is 0 Å². The minimum absolute atomic E-state index is 1.04. The summed E-state index contributed by atoms with van der Waals surface area (Å²) in [5.74, 6) is 0. The van der Waals surface area contributed by atoms with Crippen LogP contribution in [-0.2, 0) is 6.42 Å². The molecule has 0 atom stereocenters. The Hall–Kier alpha value is -0.560. The summed E-state index contributed by atoms with van der Waals surface area (Å²) < 4.78 is 0. The molecule has 0 saturated heterocycles. The van der Waals surface area contributed by atoms with Crippen LogP contribution in [0.15, 0.2) is 30.3 Å². The molecule has 1 aromatic carbocycles. The molecule has 0 saturated carbocycles. The summed E-state index contributed by atoms with van der Waals surface area (Å²) in [5.41, 5.74) is 4.11. The third kappa shape index (κ3) is 3.30. The Morgan fingerprint density at radius 1 is 1.29 bits per heavy atom. The number of benzene rings is 1. The molecule has 76 valence electrons. The topological polar surface area (TPSA) is 0 Å². The Morgan fingerprint density at radius 3 is 2.43 bits per heavy atom. The van der Waals surface area contributed by atoms with Crippen molar-refractivity contribution in [2.24, 2.45) is 0 Å². The van der Waals surface area contributed by atoms with Crippen LogP contribution in [0.5, 0.6) is 0 Å². The van der Waals surface area contributed by atoms with Gasteiger partial charge in [0.05, 0.1) is 0 Å². The van der Waals surface area contributed by atoms with Crippen molar-refractivity contribution in [3.05, 3.63) is 41.5 Å². The molecule has 0 aliphatic carbocycles. The summed E-state index contributed by atoms with van der Waals surface area (Å²) in [7, 11) is 0. The highest BCUT2D eigenvalue weighted by Crippen LogP contribution is 2.15. The smallest absolute Gasteiger partial charge is 0.00661 e. The number of hydrogen-bond acceptors (Lipinski definition) is 0. The maximum absolute atomic E-state index is 3.43. The molecule has 0 bridgehead atoms. The van der Waals surface area contributed by atoms with Gasteiger partial charge < -0.3 is 0 Å². The van der Waals surface area contributed by atoms with Gasteiger partial charge in [-0.05, 0) is 36.5 Å². The quantitative estimate of drug-likeness (QED) is 0.696. The van der Waals surface area contributed by atoms with Crippen LogP contribution >= 0.6 is 15.9 Å². The highest BCUT2D eigenvalue weighted by molar-refractivity contribution is 9.09. The lowest BCUT2D eigenvalue weighted by Crippen LogP contribution is -1.83. The fraction of sp³-hybridized carbons (Fsp3) is 0.385. The molecule has 0 nitrogen and oxygen atoms in total. The van der Waals surface area contributed by atoms with Crippen LogP contribution in [-0.4, -0.2) is 5.33 Å². The third-order valence-corrected chi connectivity index (χ3v) is 2.83. The van der Waals surface area contributed by atoms with Crippen LogP contribution < -0.4 is 0 Å². The normalized spacial score (nSPS) is 11.8. The van der Waals surface area contributed by atoms with Gasteiger partial charge in [-0.2, -0.15) is 0 Å². The summed E-state index contributed by atoms with van der Waals surface area (Å²) in [4.78, 5) is 0. The second-order valence-corrected chi connectivity index (χ2v) is 4.21. The van der Waals surface area contributed by atoms with Gasteiger partial charge in [0, 0.05) is 5.33 Å². The fourth-order valence-electron chi connectivity index (χ4n) is 1.39. The first-order valence-electron chi connectivity index (χ1n) is 5.10. The Balaban J connectivity index is 2.76. The molecule has 0 aromatic heterocycles. The largest absolute Gasteiger partial charge is 0.0925 e. The monoisotopic (exact) mass is 252 g/mol. The van der Waals surface area contributed by atoms with Gasteiger partial charge in [-0.15, -0.1) is 0 Å². The minimum Gasteiger partial charge on any atom is -0.0925 e. The predicted octanol–water partition coefficient (Wildman–Crippen LogP) is 4.44. The SMILES string of the molecule is CCc1ccc(/C(C)=C/CCBr)cc1. The second kappa shape index (κ2) is 6.02. The zero-order chi connectivity index (χ0) is 10.4. The van der Waals surface area contributed by atoms with E-state index in [-0.39, 0.29) is 0 Å². The van der Waals surface area contributed by atoms with Crippen molar-refractivity contribution >= 4 is 21.5 Å². The van der Waals surface area contributed by atoms with Gasteiger partial charge in [0.1, 0.15) is 0 Å². The van der Waals surface area contributed by atoms with E-state index in [0.717, 1.165) is 18.2 Å². The Morgan fingerprint density at radius 2 is 1.93 bits per heavy atom. The van der Waals surface area contributed by atoms with Crippen molar-refractivity contribution in [1.29, 1.82) is 0 Å². The minimum atomic E-state index is 1.04. The van der Waals surface area contributed by atoms with Gasteiger partial charge in [0.2, 0.25) is 0 Å². The second-order valence-electron chi connectivity index (χ2n) is 3.42. The number of allylic oxidation sites excluding steroid dienone is 2. The average Bonchev–Trinajstić information content (AvgIpc) is 2.26. The van der Waals surface area contributed by atoms with E-state index >= 15 is 0 Å². The predicted molar refractivity (Wildman–Crippen MR) is 67.9 cm³/mol. The molecule has 0 amide bonds. The average molecular weight is 253 g/mol. The van der Waals surface area contributed by atoms with Crippen molar-refractivity contribution < 1.29 is 0 Å². The van der Waals surface area contributed by atoms with Crippen molar-refractivity contribution in [3.63, 3.8) is 0 Å². The standard InChI is InChI=1S/C13H17Br/c1-3-12-6-8-13(9-7-12)11(2)5-4-10-14/h5-9H,3-4,10H2,1-2H3/b11-5+. The van der Waals surface area contributed by atoms with Crippen molar-refractivity contribution in [3.8, 4) is 0 Å². The molecular formula is C13H17Br. The molecule has 1 heteroatoms. The number of halogens is 1. The third-order valence-electron chi connectivity index (χ3n) is 2.38. The molecule has 0 radical (unpaired) electrons. The van der Waals surface area contributed by atoms with Gasteiger partial charge in [-0.1, -0.05) is 53.2 Å². The molecule has 1 rings (SSSR count). The summed E-state index contributed by atoms with van der Waals surface area (Å²) in [6, 6.07) is 8.83. The van der Waals surface area contributed by atoms with Crippen molar-refractivity contribution in [2.45, 2.75) is 26.7 Å². The van der Waals surface area contributed by atoms with E-state index in [2.05, 4.69) is 60.1 Å². The first kappa shape index (κ1) is 11.5. The first-order valence-corrected chi connectivity index (χ1v) is 6.22. The van der Waals surface area contributed by atoms with Gasteiger partial charge in [0.25, 0.3) is 0 Å². The Labute approximate surface area is 95.2 Å². The van der Waals surface area contributed by atoms with E-state index in [0.29, 0.717) is 0 Å². The molecule has 1 aromatic rings. The van der Waals surface area contributed by atoms with Crippen LogP contribution in [0.2, 0.25) is 0 Å². The number of aryl methyl sites for hydroxylation is 1. The van der Waals surface area contributed by atoms with Crippen molar-refractivity contribution in [2.75, 3.05) is 5.33 Å². The van der Waals surface area contributed by atoms with Crippen LogP contribution in [0.4, 0.5) is 0 Å². The zero-order valence-corrected chi connectivity index (χ0v) is 10.5. The lowest BCUT2D eigenvalue weighted by Gasteiger charge is -2.02. The summed E-state index contributed by atoms with van der Waals surface area (Å²) in [6.07, 6.45) is 4.49. The number of rotatable bonds is 4. The van der Waals surface area contributed by atoms with Crippen LogP contribution in [0.1, 0.15) is 31.4 Å². The van der Waals surface area contributed by atoms with Gasteiger partial charge >= 0.3 is 0 Å². The summed E-state index contributed by atoms with van der Waals surface area (Å²) >= 11 is 3.43. The van der Waals surface area contributed by atoms with Crippen LogP contribution in [0.3, 0.4) is 0 Å². The molecule has 0 spiro atoms. The number of alkyl halides is 1. The van der Waals surface area contributed by atoms with Crippen LogP contribution in [0.25, 0.3) is 5.57 Å². The highest BCUT2D eigenvalue weighted by atomic mass is 79.9.